The van der Waals surface area contributed by atoms with Crippen LogP contribution in [0.5, 0.6) is 0 Å². The molecule has 0 aliphatic rings. The van der Waals surface area contributed by atoms with Crippen LogP contribution in [-0.4, -0.2) is 56.8 Å². The topological polar surface area (TPSA) is 61.9 Å². The normalized spacial score (nSPS) is 12.2. The van der Waals surface area contributed by atoms with Crippen molar-refractivity contribution in [1.82, 2.24) is 5.01 Å². The molecule has 6 heteroatoms. The summed E-state index contributed by atoms with van der Waals surface area (Å²) >= 11 is 0. The van der Waals surface area contributed by atoms with Crippen molar-refractivity contribution in [2.75, 3.05) is 6.54 Å². The molecular formula is C7H18N3NaO2. The minimum absolute atomic E-state index is 0. The molecule has 0 heterocycles. The van der Waals surface area contributed by atoms with Gasteiger partial charge in [0.05, 0.1) is 17.1 Å². The average molecular weight is 199 g/mol. The van der Waals surface area contributed by atoms with Crippen LogP contribution in [0.3, 0.4) is 0 Å². The Morgan fingerprint density at radius 2 is 1.92 bits per heavy atom. The summed E-state index contributed by atoms with van der Waals surface area (Å²) in [5.41, 5.74) is -0.315. The molecule has 0 atom stereocenters. The van der Waals surface area contributed by atoms with Gasteiger partial charge in [0.15, 0.2) is 0 Å². The molecule has 0 saturated heterocycles. The Kier molecular flexibility index (Phi) is 7.68. The minimum atomic E-state index is -0.315. The quantitative estimate of drug-likeness (QED) is 0.320. The molecule has 0 amide bonds. The van der Waals surface area contributed by atoms with E-state index in [-0.39, 0.29) is 40.1 Å². The molecule has 0 unspecified atom stereocenters. The van der Waals surface area contributed by atoms with E-state index in [0.29, 0.717) is 6.54 Å². The van der Waals surface area contributed by atoms with Gasteiger partial charge in [-0.3, -0.25) is 0 Å². The molecule has 0 fully saturated rings. The van der Waals surface area contributed by atoms with Gasteiger partial charge in [0.2, 0.25) is 5.28 Å². The van der Waals surface area contributed by atoms with E-state index in [1.807, 2.05) is 27.7 Å². The second-order valence-electron chi connectivity index (χ2n) is 3.64. The number of hydrogen-bond donors (Lipinski definition) is 1. The van der Waals surface area contributed by atoms with Gasteiger partial charge < -0.3 is 10.4 Å². The van der Waals surface area contributed by atoms with Gasteiger partial charge in [-0.2, -0.15) is 0 Å². The Labute approximate surface area is 101 Å². The van der Waals surface area contributed by atoms with Crippen molar-refractivity contribution in [2.45, 2.75) is 39.7 Å². The first-order valence-electron chi connectivity index (χ1n) is 4.03. The van der Waals surface area contributed by atoms with Gasteiger partial charge in [-0.25, -0.2) is 0 Å². The van der Waals surface area contributed by atoms with Gasteiger partial charge >= 0.3 is 29.6 Å². The fourth-order valence-corrected chi connectivity index (χ4v) is 0.938. The summed E-state index contributed by atoms with van der Waals surface area (Å²) in [6, 6.07) is 0. The van der Waals surface area contributed by atoms with Crippen molar-refractivity contribution in [1.29, 1.82) is 0 Å². The summed E-state index contributed by atoms with van der Waals surface area (Å²) in [5.74, 6) is 0. The first-order valence-corrected chi connectivity index (χ1v) is 4.03. The molecule has 0 bridgehead atoms. The fourth-order valence-electron chi connectivity index (χ4n) is 0.938. The summed E-state index contributed by atoms with van der Waals surface area (Å²) in [6.07, 6.45) is 0.839. The molecule has 1 N–H and O–H groups in total. The summed E-state index contributed by atoms with van der Waals surface area (Å²) in [7, 11) is 0. The van der Waals surface area contributed by atoms with Crippen molar-refractivity contribution < 1.29 is 10.2 Å². The number of hydrazine groups is 1. The standard InChI is InChI=1S/C7H17N3O2.Na.H/c1-5-6-9(7(2,3)4)10(12)8-11;;/h11H,5-6H2,1-4H3;;. The van der Waals surface area contributed by atoms with Gasteiger partial charge in [-0.1, -0.05) is 6.92 Å². The Morgan fingerprint density at radius 3 is 2.15 bits per heavy atom. The van der Waals surface area contributed by atoms with Crippen molar-refractivity contribution in [3.8, 4) is 0 Å². The van der Waals surface area contributed by atoms with E-state index in [4.69, 9.17) is 5.21 Å². The van der Waals surface area contributed by atoms with Crippen LogP contribution in [0, 0.1) is 5.21 Å². The molecule has 0 aromatic rings. The Bertz CT molecular complexity index is 168. The zero-order valence-corrected chi connectivity index (χ0v) is 8.11. The van der Waals surface area contributed by atoms with Crippen LogP contribution in [0.25, 0.3) is 0 Å². The Morgan fingerprint density at radius 1 is 1.46 bits per heavy atom. The van der Waals surface area contributed by atoms with Crippen LogP contribution >= 0.6 is 0 Å². The van der Waals surface area contributed by atoms with Crippen LogP contribution in [0.1, 0.15) is 34.1 Å². The molecule has 0 aromatic heterocycles. The van der Waals surface area contributed by atoms with Crippen LogP contribution < -0.4 is 0 Å². The first kappa shape index (κ1) is 15.5. The maximum atomic E-state index is 11.0. The Balaban J connectivity index is 0. The third kappa shape index (κ3) is 5.33. The SMILES string of the molecule is CCCN([N+]([O-])=NO)C(C)(C)C.[NaH]. The molecule has 0 spiro atoms. The van der Waals surface area contributed by atoms with E-state index < -0.39 is 0 Å². The molecule has 0 saturated carbocycles. The van der Waals surface area contributed by atoms with Gasteiger partial charge in [0.1, 0.15) is 0 Å². The second kappa shape index (κ2) is 6.45. The average Bonchev–Trinajstić information content (AvgIpc) is 1.96. The molecule has 0 aromatic carbocycles. The number of hydrogen-bond acceptors (Lipinski definition) is 2. The van der Waals surface area contributed by atoms with E-state index >= 15 is 0 Å². The van der Waals surface area contributed by atoms with Gasteiger partial charge in [-0.05, 0) is 27.2 Å². The van der Waals surface area contributed by atoms with Crippen LogP contribution in [-0.2, 0) is 0 Å². The van der Waals surface area contributed by atoms with Gasteiger partial charge in [0.25, 0.3) is 0 Å². The van der Waals surface area contributed by atoms with Gasteiger partial charge in [-0.15, -0.1) is 5.01 Å². The van der Waals surface area contributed by atoms with E-state index in [1.54, 1.807) is 0 Å². The zero-order valence-electron chi connectivity index (χ0n) is 8.11. The van der Waals surface area contributed by atoms with Crippen molar-refractivity contribution in [2.24, 2.45) is 5.28 Å². The first-order chi connectivity index (χ1) is 5.43. The van der Waals surface area contributed by atoms with Crippen LogP contribution in [0.4, 0.5) is 0 Å². The van der Waals surface area contributed by atoms with Crippen molar-refractivity contribution in [3.05, 3.63) is 5.21 Å². The van der Waals surface area contributed by atoms with Crippen LogP contribution in [0.15, 0.2) is 5.28 Å². The maximum absolute atomic E-state index is 11.0. The summed E-state index contributed by atoms with van der Waals surface area (Å²) < 4.78 is 0. The molecule has 13 heavy (non-hydrogen) atoms. The molecule has 0 rings (SSSR count). The number of nitrogens with zero attached hydrogens (tertiary/aromatic N) is 3. The van der Waals surface area contributed by atoms with E-state index in [9.17, 15) is 5.21 Å². The molecule has 0 radical (unpaired) electrons. The van der Waals surface area contributed by atoms with Crippen molar-refractivity contribution in [3.63, 3.8) is 0 Å². The molecule has 74 valence electrons. The van der Waals surface area contributed by atoms with E-state index in [0.717, 1.165) is 6.42 Å². The fraction of sp³-hybridized carbons (Fsp3) is 1.00. The predicted octanol–water partition coefficient (Wildman–Crippen LogP) is 1.12. The Hall–Kier alpha value is 0. The molecule has 5 nitrogen and oxygen atoms in total. The molecular weight excluding hydrogens is 181 g/mol. The third-order valence-electron chi connectivity index (χ3n) is 1.49. The predicted molar refractivity (Wildman–Crippen MR) is 51.7 cm³/mol. The van der Waals surface area contributed by atoms with E-state index in [2.05, 4.69) is 5.28 Å². The van der Waals surface area contributed by atoms with Gasteiger partial charge in [0, 0.05) is 0 Å². The molecule has 0 aliphatic carbocycles. The second-order valence-corrected chi connectivity index (χ2v) is 3.64. The van der Waals surface area contributed by atoms with Crippen LogP contribution in [0.2, 0.25) is 0 Å². The monoisotopic (exact) mass is 199 g/mol. The summed E-state index contributed by atoms with van der Waals surface area (Å²) in [4.78, 5) is 0.226. The summed E-state index contributed by atoms with van der Waals surface area (Å²) in [5, 5.41) is 23.3. The third-order valence-corrected chi connectivity index (χ3v) is 1.49. The van der Waals surface area contributed by atoms with Crippen molar-refractivity contribution >= 4 is 29.6 Å². The zero-order chi connectivity index (χ0) is 9.78. The van der Waals surface area contributed by atoms with E-state index in [1.165, 1.54) is 5.01 Å². The number of rotatable bonds is 3. The molecule has 0 aliphatic heterocycles. The summed E-state index contributed by atoms with van der Waals surface area (Å²) in [6.45, 7) is 8.21.